The molecule has 0 aliphatic carbocycles. The molecule has 0 bridgehead atoms. The second-order valence-electron chi connectivity index (χ2n) is 4.36. The van der Waals surface area contributed by atoms with E-state index >= 15 is 0 Å². The van der Waals surface area contributed by atoms with Gasteiger partial charge in [-0.25, -0.2) is 4.98 Å². The van der Waals surface area contributed by atoms with Crippen molar-refractivity contribution < 1.29 is 26.3 Å². The van der Waals surface area contributed by atoms with Crippen LogP contribution in [0.2, 0.25) is 0 Å². The van der Waals surface area contributed by atoms with E-state index in [0.717, 1.165) is 30.5 Å². The molecule has 0 saturated carbocycles. The first-order valence-electron chi connectivity index (χ1n) is 5.92. The van der Waals surface area contributed by atoms with Gasteiger partial charge in [-0.2, -0.15) is 26.3 Å². The predicted octanol–water partition coefficient (Wildman–Crippen LogP) is 3.56. The van der Waals surface area contributed by atoms with Crippen LogP contribution in [-0.4, -0.2) is 9.97 Å². The van der Waals surface area contributed by atoms with Gasteiger partial charge in [0.2, 0.25) is 0 Å². The molecule has 1 atom stereocenters. The zero-order chi connectivity index (χ0) is 16.5. The minimum atomic E-state index is -4.72. The third-order valence-electron chi connectivity index (χ3n) is 2.82. The van der Waals surface area contributed by atoms with Crippen molar-refractivity contribution in [3.05, 3.63) is 59.2 Å². The smallest absolute Gasteiger partial charge is 0.318 e. The number of nitrogens with two attached hydrogens (primary N) is 1. The van der Waals surface area contributed by atoms with E-state index in [1.54, 1.807) is 0 Å². The van der Waals surface area contributed by atoms with Crippen LogP contribution in [0.1, 0.15) is 28.7 Å². The molecule has 2 aromatic rings. The van der Waals surface area contributed by atoms with Crippen LogP contribution in [0.5, 0.6) is 0 Å². The molecule has 3 nitrogen and oxygen atoms in total. The van der Waals surface area contributed by atoms with Crippen molar-refractivity contribution in [3.8, 4) is 0 Å². The summed E-state index contributed by atoms with van der Waals surface area (Å²) >= 11 is 0. The van der Waals surface area contributed by atoms with Crippen molar-refractivity contribution >= 4 is 0 Å². The first kappa shape index (κ1) is 16.2. The minimum Gasteiger partial charge on any atom is -0.318 e. The zero-order valence-electron chi connectivity index (χ0n) is 10.8. The van der Waals surface area contributed by atoms with Crippen molar-refractivity contribution in [1.82, 2.24) is 9.97 Å². The molecule has 2 N–H and O–H groups in total. The Kier molecular flexibility index (Phi) is 4.10. The number of alkyl halides is 6. The molecule has 0 radical (unpaired) electrons. The average molecular weight is 321 g/mol. The number of halogens is 6. The van der Waals surface area contributed by atoms with E-state index in [2.05, 4.69) is 9.97 Å². The van der Waals surface area contributed by atoms with Gasteiger partial charge in [0.05, 0.1) is 23.0 Å². The molecule has 0 aromatic carbocycles. The summed E-state index contributed by atoms with van der Waals surface area (Å²) in [5, 5.41) is 0. The fraction of sp³-hybridized carbons (Fsp3) is 0.231. The minimum absolute atomic E-state index is 0.348. The molecule has 0 fully saturated rings. The molecule has 0 aliphatic rings. The van der Waals surface area contributed by atoms with Crippen LogP contribution in [0.3, 0.4) is 0 Å². The van der Waals surface area contributed by atoms with Crippen molar-refractivity contribution in [2.45, 2.75) is 18.4 Å². The summed E-state index contributed by atoms with van der Waals surface area (Å²) in [7, 11) is 0. The number of pyridine rings is 2. The standard InChI is InChI=1S/C13H9F6N3/c14-12(15,16)7-3-2-6-21-11(7)10(20)8-4-1-5-9(22-8)13(17,18)19/h1-6,10H,20H2/t10-/m1/s1. The highest BCUT2D eigenvalue weighted by molar-refractivity contribution is 5.31. The number of hydrogen-bond donors (Lipinski definition) is 1. The van der Waals surface area contributed by atoms with Crippen molar-refractivity contribution in [1.29, 1.82) is 0 Å². The largest absolute Gasteiger partial charge is 0.433 e. The zero-order valence-corrected chi connectivity index (χ0v) is 10.8. The van der Waals surface area contributed by atoms with E-state index in [4.69, 9.17) is 5.73 Å². The molecule has 0 saturated heterocycles. The average Bonchev–Trinajstić information content (AvgIpc) is 2.45. The molecule has 2 rings (SSSR count). The number of aromatic nitrogens is 2. The Hall–Kier alpha value is -2.16. The van der Waals surface area contributed by atoms with Crippen LogP contribution >= 0.6 is 0 Å². The van der Waals surface area contributed by atoms with Gasteiger partial charge in [-0.15, -0.1) is 0 Å². The maximum absolute atomic E-state index is 12.9. The summed E-state index contributed by atoms with van der Waals surface area (Å²) in [5.74, 6) is 0. The summed E-state index contributed by atoms with van der Waals surface area (Å²) in [6.07, 6.45) is -8.35. The first-order valence-corrected chi connectivity index (χ1v) is 5.92. The van der Waals surface area contributed by atoms with Gasteiger partial charge in [-0.05, 0) is 24.3 Å². The lowest BCUT2D eigenvalue weighted by molar-refractivity contribution is -0.141. The van der Waals surface area contributed by atoms with Gasteiger partial charge in [0.15, 0.2) is 0 Å². The third-order valence-corrected chi connectivity index (χ3v) is 2.82. The summed E-state index contributed by atoms with van der Waals surface area (Å²) < 4.78 is 76.5. The fourth-order valence-electron chi connectivity index (χ4n) is 1.83. The van der Waals surface area contributed by atoms with Crippen LogP contribution in [0.25, 0.3) is 0 Å². The third kappa shape index (κ3) is 3.35. The van der Waals surface area contributed by atoms with Crippen LogP contribution < -0.4 is 5.73 Å². The molecule has 9 heteroatoms. The summed E-state index contributed by atoms with van der Waals surface area (Å²) in [6.45, 7) is 0. The predicted molar refractivity (Wildman–Crippen MR) is 64.5 cm³/mol. The lowest BCUT2D eigenvalue weighted by atomic mass is 10.0. The van der Waals surface area contributed by atoms with Crippen molar-refractivity contribution in [3.63, 3.8) is 0 Å². The van der Waals surface area contributed by atoms with Gasteiger partial charge in [-0.3, -0.25) is 4.98 Å². The number of nitrogens with zero attached hydrogens (tertiary/aromatic N) is 2. The molecule has 118 valence electrons. The molecule has 0 spiro atoms. The molecule has 2 aromatic heterocycles. The van der Waals surface area contributed by atoms with Gasteiger partial charge < -0.3 is 5.73 Å². The Bertz CT molecular complexity index is 665. The maximum atomic E-state index is 12.9. The van der Waals surface area contributed by atoms with Crippen LogP contribution in [0.4, 0.5) is 26.3 Å². The Morgan fingerprint density at radius 3 is 2.18 bits per heavy atom. The molecule has 0 unspecified atom stereocenters. The lowest BCUT2D eigenvalue weighted by Gasteiger charge is -2.17. The van der Waals surface area contributed by atoms with E-state index in [1.807, 2.05) is 0 Å². The van der Waals surface area contributed by atoms with E-state index in [-0.39, 0.29) is 5.69 Å². The highest BCUT2D eigenvalue weighted by Crippen LogP contribution is 2.35. The molecule has 2 heterocycles. The normalized spacial score (nSPS) is 14.0. The molecule has 22 heavy (non-hydrogen) atoms. The molecule has 0 amide bonds. The lowest BCUT2D eigenvalue weighted by Crippen LogP contribution is -2.22. The second-order valence-corrected chi connectivity index (χ2v) is 4.36. The quantitative estimate of drug-likeness (QED) is 0.861. The van der Waals surface area contributed by atoms with Gasteiger partial charge in [-0.1, -0.05) is 6.07 Å². The summed E-state index contributed by atoms with van der Waals surface area (Å²) in [5.41, 5.74) is 2.36. The van der Waals surface area contributed by atoms with E-state index < -0.39 is 35.3 Å². The highest BCUT2D eigenvalue weighted by atomic mass is 19.4. The van der Waals surface area contributed by atoms with Crippen molar-refractivity contribution in [2.75, 3.05) is 0 Å². The van der Waals surface area contributed by atoms with Gasteiger partial charge in [0.25, 0.3) is 0 Å². The maximum Gasteiger partial charge on any atom is 0.433 e. The van der Waals surface area contributed by atoms with Crippen molar-refractivity contribution in [2.24, 2.45) is 5.73 Å². The van der Waals surface area contributed by atoms with Gasteiger partial charge in [0, 0.05) is 6.20 Å². The first-order chi connectivity index (χ1) is 10.1. The molecular formula is C13H9F6N3. The van der Waals surface area contributed by atoms with Crippen LogP contribution in [0, 0.1) is 0 Å². The van der Waals surface area contributed by atoms with E-state index in [0.29, 0.717) is 6.07 Å². The monoisotopic (exact) mass is 321 g/mol. The fourth-order valence-corrected chi connectivity index (χ4v) is 1.83. The number of rotatable bonds is 2. The Morgan fingerprint density at radius 2 is 1.59 bits per heavy atom. The molecular weight excluding hydrogens is 312 g/mol. The number of hydrogen-bond acceptors (Lipinski definition) is 3. The topological polar surface area (TPSA) is 51.8 Å². The Labute approximate surface area is 120 Å². The molecule has 0 aliphatic heterocycles. The van der Waals surface area contributed by atoms with E-state index in [1.165, 1.54) is 0 Å². The highest BCUT2D eigenvalue weighted by Gasteiger charge is 2.37. The van der Waals surface area contributed by atoms with E-state index in [9.17, 15) is 26.3 Å². The Morgan fingerprint density at radius 1 is 0.909 bits per heavy atom. The SMILES string of the molecule is N[C@H](c1cccc(C(F)(F)F)n1)c1ncccc1C(F)(F)F. The Balaban J connectivity index is 2.48. The summed E-state index contributed by atoms with van der Waals surface area (Å²) in [4.78, 5) is 6.83. The van der Waals surface area contributed by atoms with Crippen LogP contribution in [-0.2, 0) is 12.4 Å². The van der Waals surface area contributed by atoms with Gasteiger partial charge >= 0.3 is 12.4 Å². The van der Waals surface area contributed by atoms with Crippen LogP contribution in [0.15, 0.2) is 36.5 Å². The summed E-state index contributed by atoms with van der Waals surface area (Å²) in [6, 6.07) is 3.16. The second kappa shape index (κ2) is 5.56. The van der Waals surface area contributed by atoms with Gasteiger partial charge in [0.1, 0.15) is 5.69 Å².